The van der Waals surface area contributed by atoms with Gasteiger partial charge in [0.15, 0.2) is 0 Å². The number of hydrogen-bond acceptors (Lipinski definition) is 2. The minimum Gasteiger partial charge on any atom is -0.550 e. The maximum atomic E-state index is 10.7. The molecule has 0 aliphatic carbocycles. The smallest absolute Gasteiger partial charge is 0.550 e. The Balaban J connectivity index is 0.00000324. The van der Waals surface area contributed by atoms with Crippen LogP contribution in [0, 0.1) is 5.89 Å². The molecule has 0 heterocycles. The molecule has 0 aliphatic rings. The van der Waals surface area contributed by atoms with E-state index in [0.717, 1.165) is 5.56 Å². The van der Waals surface area contributed by atoms with Crippen LogP contribution in [0.4, 0.5) is 0 Å². The molecule has 2 unspecified atom stereocenters. The number of carbonyl (C=O) groups excluding carboxylic acids is 1. The molecule has 0 aliphatic heterocycles. The normalized spacial score (nSPS) is 18.6. The van der Waals surface area contributed by atoms with Crippen LogP contribution in [0.5, 0.6) is 0 Å². The number of benzene rings is 1. The Morgan fingerprint density at radius 1 is 1.44 bits per heavy atom. The number of carboxylic acids is 1. The molecule has 0 saturated heterocycles. The Kier molecular flexibility index (Phi) is 4.80. The first kappa shape index (κ1) is 10.8. The van der Waals surface area contributed by atoms with Gasteiger partial charge in [-0.15, -0.1) is 0 Å². The Bertz CT molecular complexity index is 418. The summed E-state index contributed by atoms with van der Waals surface area (Å²) in [6.07, 6.45) is 0.296. The van der Waals surface area contributed by atoms with E-state index in [1.54, 1.807) is 38.1 Å². The molecule has 3 heteroatoms. The van der Waals surface area contributed by atoms with Crippen molar-refractivity contribution in [1.29, 1.82) is 0 Å². The van der Waals surface area contributed by atoms with Crippen molar-refractivity contribution in [2.45, 2.75) is 33.1 Å². The van der Waals surface area contributed by atoms with Crippen molar-refractivity contribution >= 4 is 5.97 Å². The molecule has 0 saturated carbocycles. The van der Waals surface area contributed by atoms with Crippen molar-refractivity contribution in [3.05, 3.63) is 35.4 Å². The number of aliphatic carboxylic acids is 1. The van der Waals surface area contributed by atoms with Crippen LogP contribution in [0.15, 0.2) is 24.3 Å². The predicted molar refractivity (Wildman–Crippen MR) is 58.4 cm³/mol. The van der Waals surface area contributed by atoms with Gasteiger partial charge < -0.3 is 9.90 Å². The third-order valence-electron chi connectivity index (χ3n) is 2.32. The molecule has 0 bridgehead atoms. The van der Waals surface area contributed by atoms with Gasteiger partial charge in [0.2, 0.25) is 0 Å². The predicted octanol–water partition coefficient (Wildman–Crippen LogP) is -1.26. The summed E-state index contributed by atoms with van der Waals surface area (Å²) in [5, 5.41) is 10.7. The van der Waals surface area contributed by atoms with Crippen LogP contribution < -0.4 is 34.7 Å². The molecule has 1 aromatic rings. The SMILES string of the molecule is [2H]C([2H])C([2H])(C)Cc1ccc(C(C)C(=O)[O-])cc1.[Na+]. The number of carboxylic acid groups (broad SMARTS) is 1. The van der Waals surface area contributed by atoms with Gasteiger partial charge in [-0.2, -0.15) is 0 Å². The third-order valence-corrected chi connectivity index (χ3v) is 2.32. The second kappa shape index (κ2) is 7.10. The van der Waals surface area contributed by atoms with E-state index in [-0.39, 0.29) is 29.6 Å². The van der Waals surface area contributed by atoms with Crippen LogP contribution in [0.1, 0.15) is 41.9 Å². The summed E-state index contributed by atoms with van der Waals surface area (Å²) in [6.45, 7) is 1.89. The van der Waals surface area contributed by atoms with Crippen molar-refractivity contribution in [2.75, 3.05) is 0 Å². The molecule has 0 spiro atoms. The van der Waals surface area contributed by atoms with Gasteiger partial charge in [0.1, 0.15) is 0 Å². The van der Waals surface area contributed by atoms with Crippen LogP contribution in [0.3, 0.4) is 0 Å². The van der Waals surface area contributed by atoms with Crippen molar-refractivity contribution < 1.29 is 43.6 Å². The van der Waals surface area contributed by atoms with E-state index in [1.165, 1.54) is 0 Å². The zero-order chi connectivity index (χ0) is 13.9. The van der Waals surface area contributed by atoms with Gasteiger partial charge in [-0.25, -0.2) is 0 Å². The summed E-state index contributed by atoms with van der Waals surface area (Å²) in [4.78, 5) is 10.7. The van der Waals surface area contributed by atoms with E-state index in [0.29, 0.717) is 12.0 Å². The summed E-state index contributed by atoms with van der Waals surface area (Å²) in [5.41, 5.74) is 1.48. The fourth-order valence-corrected chi connectivity index (χ4v) is 1.38. The molecular weight excluding hydrogens is 211 g/mol. The number of hydrogen-bond donors (Lipinski definition) is 0. The van der Waals surface area contributed by atoms with Gasteiger partial charge in [-0.1, -0.05) is 45.0 Å². The van der Waals surface area contributed by atoms with Crippen LogP contribution in [-0.4, -0.2) is 5.97 Å². The van der Waals surface area contributed by atoms with E-state index in [1.807, 2.05) is 0 Å². The summed E-state index contributed by atoms with van der Waals surface area (Å²) in [5.74, 6) is -2.95. The van der Waals surface area contributed by atoms with Crippen LogP contribution in [-0.2, 0) is 11.2 Å². The second-order valence-corrected chi connectivity index (χ2v) is 3.81. The number of rotatable bonds is 4. The van der Waals surface area contributed by atoms with Crippen LogP contribution in [0.2, 0.25) is 0 Å². The van der Waals surface area contributed by atoms with Crippen LogP contribution >= 0.6 is 0 Å². The summed E-state index contributed by atoms with van der Waals surface area (Å²) in [7, 11) is 0. The average molecular weight is 231 g/mol. The van der Waals surface area contributed by atoms with Crippen molar-refractivity contribution in [1.82, 2.24) is 0 Å². The first-order chi connectivity index (χ1) is 8.24. The summed E-state index contributed by atoms with van der Waals surface area (Å²) >= 11 is 0. The van der Waals surface area contributed by atoms with E-state index in [4.69, 9.17) is 4.11 Å². The zero-order valence-corrected chi connectivity index (χ0v) is 12.0. The Hall–Kier alpha value is -0.310. The molecule has 0 radical (unpaired) electrons. The molecule has 16 heavy (non-hydrogen) atoms. The van der Waals surface area contributed by atoms with E-state index < -0.39 is 24.7 Å². The summed E-state index contributed by atoms with van der Waals surface area (Å²) in [6, 6.07) is 6.86. The van der Waals surface area contributed by atoms with Gasteiger partial charge in [0, 0.05) is 16.0 Å². The van der Waals surface area contributed by atoms with E-state index >= 15 is 0 Å². The molecule has 1 rings (SSSR count). The van der Waals surface area contributed by atoms with Crippen molar-refractivity contribution in [2.24, 2.45) is 5.89 Å². The molecule has 2 nitrogen and oxygen atoms in total. The maximum Gasteiger partial charge on any atom is 1.00 e. The van der Waals surface area contributed by atoms with Gasteiger partial charge in [-0.05, 0) is 23.4 Å². The molecule has 0 aromatic heterocycles. The molecule has 1 aromatic carbocycles. The van der Waals surface area contributed by atoms with Crippen molar-refractivity contribution in [3.8, 4) is 0 Å². The Morgan fingerprint density at radius 3 is 2.44 bits per heavy atom. The average Bonchev–Trinajstić information content (AvgIpc) is 2.28. The van der Waals surface area contributed by atoms with Gasteiger partial charge in [0.05, 0.1) is 0 Å². The van der Waals surface area contributed by atoms with Gasteiger partial charge >= 0.3 is 29.6 Å². The molecule has 2 atom stereocenters. The first-order valence-electron chi connectivity index (χ1n) is 6.53. The Labute approximate surface area is 124 Å². The minimum atomic E-state index is -1.22. The Morgan fingerprint density at radius 2 is 2.00 bits per heavy atom. The fourth-order valence-electron chi connectivity index (χ4n) is 1.38. The quantitative estimate of drug-likeness (QED) is 0.607. The first-order valence-corrected chi connectivity index (χ1v) is 4.88. The number of carbonyl (C=O) groups is 1. The minimum absolute atomic E-state index is 0. The molecular formula is C13H17NaO2. The topological polar surface area (TPSA) is 40.1 Å². The fraction of sp³-hybridized carbons (Fsp3) is 0.462. The largest absolute Gasteiger partial charge is 1.00 e. The van der Waals surface area contributed by atoms with E-state index in [2.05, 4.69) is 0 Å². The standard InChI is InChI=1S/C13H18O2.Na/c1-9(2)8-11-4-6-12(7-5-11)10(3)13(14)15;/h4-7,9-10H,8H2,1-3H3,(H,14,15);/q;+1/p-1/i1D2,9D;. The monoisotopic (exact) mass is 231 g/mol. The molecule has 0 fully saturated rings. The van der Waals surface area contributed by atoms with Gasteiger partial charge in [0.25, 0.3) is 0 Å². The third kappa shape index (κ3) is 4.69. The second-order valence-electron chi connectivity index (χ2n) is 3.81. The summed E-state index contributed by atoms with van der Waals surface area (Å²) < 4.78 is 22.4. The maximum absolute atomic E-state index is 10.7. The molecule has 82 valence electrons. The van der Waals surface area contributed by atoms with Crippen molar-refractivity contribution in [3.63, 3.8) is 0 Å². The van der Waals surface area contributed by atoms with E-state index in [9.17, 15) is 9.90 Å². The molecule has 0 amide bonds. The zero-order valence-electron chi connectivity index (χ0n) is 13.0. The molecule has 0 N–H and O–H groups in total. The van der Waals surface area contributed by atoms with Crippen LogP contribution in [0.25, 0.3) is 0 Å². The van der Waals surface area contributed by atoms with Gasteiger partial charge in [-0.3, -0.25) is 0 Å².